The second kappa shape index (κ2) is 6.54. The number of amides is 1. The molecule has 108 valence electrons. The number of carbonyl (C=O) groups excluding carboxylic acids is 1. The van der Waals surface area contributed by atoms with E-state index in [2.05, 4.69) is 26.5 Å². The third-order valence-electron chi connectivity index (χ3n) is 3.24. The quantitative estimate of drug-likeness (QED) is 0.552. The minimum absolute atomic E-state index is 0.225. The fraction of sp³-hybridized carbons (Fsp3) is 0. The first-order valence-corrected chi connectivity index (χ1v) is 7.59. The number of rotatable bonds is 3. The average Bonchev–Trinajstić information content (AvgIpc) is 2.54. The Hall–Kier alpha value is -2.46. The summed E-state index contributed by atoms with van der Waals surface area (Å²) in [4.78, 5) is 12.1. The molecule has 4 heteroatoms. The summed E-state index contributed by atoms with van der Waals surface area (Å²) >= 11 is 3.39. The van der Waals surface area contributed by atoms with E-state index in [9.17, 15) is 4.79 Å². The van der Waals surface area contributed by atoms with Gasteiger partial charge in [0.2, 0.25) is 0 Å². The molecule has 0 atom stereocenters. The predicted octanol–water partition coefficient (Wildman–Crippen LogP) is 4.37. The van der Waals surface area contributed by atoms with Gasteiger partial charge in [-0.2, -0.15) is 5.10 Å². The summed E-state index contributed by atoms with van der Waals surface area (Å²) in [6, 6.07) is 21.2. The Morgan fingerprint density at radius 1 is 0.955 bits per heavy atom. The molecule has 0 spiro atoms. The highest BCUT2D eigenvalue weighted by Gasteiger charge is 2.04. The van der Waals surface area contributed by atoms with Gasteiger partial charge in [-0.25, -0.2) is 5.43 Å². The molecule has 0 heterocycles. The van der Waals surface area contributed by atoms with Gasteiger partial charge >= 0.3 is 0 Å². The van der Waals surface area contributed by atoms with Crippen molar-refractivity contribution in [3.05, 3.63) is 82.3 Å². The third-order valence-corrected chi connectivity index (χ3v) is 3.73. The molecule has 0 radical (unpaired) electrons. The maximum atomic E-state index is 12.1. The fourth-order valence-electron chi connectivity index (χ4n) is 2.15. The number of nitrogens with one attached hydrogen (secondary N) is 1. The van der Waals surface area contributed by atoms with Crippen molar-refractivity contribution in [2.45, 2.75) is 0 Å². The van der Waals surface area contributed by atoms with E-state index in [-0.39, 0.29) is 5.91 Å². The van der Waals surface area contributed by atoms with Crippen molar-refractivity contribution in [3.8, 4) is 0 Å². The Balaban J connectivity index is 1.73. The molecule has 1 amide bonds. The molecule has 0 unspecified atom stereocenters. The van der Waals surface area contributed by atoms with Gasteiger partial charge in [-0.3, -0.25) is 4.79 Å². The van der Waals surface area contributed by atoms with Crippen LogP contribution in [-0.4, -0.2) is 12.1 Å². The van der Waals surface area contributed by atoms with Crippen LogP contribution >= 0.6 is 15.9 Å². The summed E-state index contributed by atoms with van der Waals surface area (Å²) < 4.78 is 0.970. The lowest BCUT2D eigenvalue weighted by Crippen LogP contribution is -2.17. The number of hydrogen-bond acceptors (Lipinski definition) is 2. The van der Waals surface area contributed by atoms with Crippen molar-refractivity contribution >= 4 is 38.8 Å². The Bertz CT molecular complexity index is 858. The number of fused-ring (bicyclic) bond motifs is 1. The minimum atomic E-state index is -0.225. The van der Waals surface area contributed by atoms with Crippen LogP contribution in [0.2, 0.25) is 0 Å². The molecule has 3 aromatic rings. The van der Waals surface area contributed by atoms with Crippen molar-refractivity contribution in [2.75, 3.05) is 0 Å². The van der Waals surface area contributed by atoms with E-state index >= 15 is 0 Å². The van der Waals surface area contributed by atoms with Gasteiger partial charge in [0, 0.05) is 10.0 Å². The lowest BCUT2D eigenvalue weighted by molar-refractivity contribution is 0.0955. The molecule has 22 heavy (non-hydrogen) atoms. The first kappa shape index (κ1) is 14.5. The van der Waals surface area contributed by atoms with E-state index in [0.717, 1.165) is 20.8 Å². The molecule has 0 bridgehead atoms. The normalized spacial score (nSPS) is 11.0. The summed E-state index contributed by atoms with van der Waals surface area (Å²) in [6.07, 6.45) is 1.61. The Labute approximate surface area is 136 Å². The molecule has 0 saturated heterocycles. The van der Waals surface area contributed by atoms with E-state index in [4.69, 9.17) is 0 Å². The zero-order valence-electron chi connectivity index (χ0n) is 11.7. The van der Waals surface area contributed by atoms with E-state index in [0.29, 0.717) is 5.56 Å². The van der Waals surface area contributed by atoms with E-state index in [1.807, 2.05) is 60.7 Å². The fourth-order valence-corrected chi connectivity index (χ4v) is 2.56. The molecule has 0 aliphatic heterocycles. The summed E-state index contributed by atoms with van der Waals surface area (Å²) in [5.74, 6) is -0.225. The standard InChI is InChI=1S/C18H13BrN2O/c19-17-7-3-4-13(10-17)12-20-21-18(22)16-9-8-14-5-1-2-6-15(14)11-16/h1-12H,(H,21,22). The van der Waals surface area contributed by atoms with E-state index in [1.165, 1.54) is 0 Å². The highest BCUT2D eigenvalue weighted by atomic mass is 79.9. The molecule has 0 fully saturated rings. The van der Waals surface area contributed by atoms with Gasteiger partial charge in [-0.1, -0.05) is 58.4 Å². The smallest absolute Gasteiger partial charge is 0.267 e. The highest BCUT2D eigenvalue weighted by Crippen LogP contribution is 2.15. The van der Waals surface area contributed by atoms with Crippen LogP contribution < -0.4 is 5.43 Å². The number of carbonyl (C=O) groups is 1. The van der Waals surface area contributed by atoms with Crippen LogP contribution in [0.25, 0.3) is 10.8 Å². The van der Waals surface area contributed by atoms with Crippen LogP contribution in [0.5, 0.6) is 0 Å². The second-order valence-electron chi connectivity index (χ2n) is 4.82. The maximum Gasteiger partial charge on any atom is 0.271 e. The minimum Gasteiger partial charge on any atom is -0.267 e. The molecular formula is C18H13BrN2O. The average molecular weight is 353 g/mol. The molecule has 1 N–H and O–H groups in total. The molecule has 3 rings (SSSR count). The molecule has 0 aliphatic carbocycles. The van der Waals surface area contributed by atoms with Crippen LogP contribution in [0, 0.1) is 0 Å². The molecule has 0 saturated carbocycles. The zero-order chi connectivity index (χ0) is 15.4. The summed E-state index contributed by atoms with van der Waals surface area (Å²) in [5, 5.41) is 6.14. The second-order valence-corrected chi connectivity index (χ2v) is 5.73. The molecule has 3 nitrogen and oxygen atoms in total. The molecule has 3 aromatic carbocycles. The van der Waals surface area contributed by atoms with Crippen LogP contribution in [-0.2, 0) is 0 Å². The van der Waals surface area contributed by atoms with Gasteiger partial charge in [-0.05, 0) is 40.6 Å². The zero-order valence-corrected chi connectivity index (χ0v) is 13.2. The van der Waals surface area contributed by atoms with Gasteiger partial charge in [0.25, 0.3) is 5.91 Å². The Kier molecular flexibility index (Phi) is 4.30. The van der Waals surface area contributed by atoms with Crippen LogP contribution in [0.1, 0.15) is 15.9 Å². The van der Waals surface area contributed by atoms with Crippen molar-refractivity contribution in [3.63, 3.8) is 0 Å². The number of nitrogens with zero attached hydrogens (tertiary/aromatic N) is 1. The SMILES string of the molecule is O=C(NN=Cc1cccc(Br)c1)c1ccc2ccccc2c1. The molecule has 0 aromatic heterocycles. The van der Waals surface area contributed by atoms with Crippen LogP contribution in [0.15, 0.2) is 76.3 Å². The van der Waals surface area contributed by atoms with Crippen LogP contribution in [0.4, 0.5) is 0 Å². The first-order valence-electron chi connectivity index (χ1n) is 6.80. The summed E-state index contributed by atoms with van der Waals surface area (Å²) in [6.45, 7) is 0. The molecular weight excluding hydrogens is 340 g/mol. The van der Waals surface area contributed by atoms with E-state index in [1.54, 1.807) is 12.3 Å². The van der Waals surface area contributed by atoms with E-state index < -0.39 is 0 Å². The van der Waals surface area contributed by atoms with Crippen molar-refractivity contribution in [2.24, 2.45) is 5.10 Å². The third kappa shape index (κ3) is 3.40. The summed E-state index contributed by atoms with van der Waals surface area (Å²) in [5.41, 5.74) is 4.05. The van der Waals surface area contributed by atoms with Gasteiger partial charge in [0.05, 0.1) is 6.21 Å². The Morgan fingerprint density at radius 3 is 2.59 bits per heavy atom. The lowest BCUT2D eigenvalue weighted by Gasteiger charge is -2.02. The topological polar surface area (TPSA) is 41.5 Å². The Morgan fingerprint density at radius 2 is 1.77 bits per heavy atom. The van der Waals surface area contributed by atoms with Crippen molar-refractivity contribution < 1.29 is 4.79 Å². The van der Waals surface area contributed by atoms with Crippen molar-refractivity contribution in [1.82, 2.24) is 5.43 Å². The van der Waals surface area contributed by atoms with Gasteiger partial charge in [0.15, 0.2) is 0 Å². The van der Waals surface area contributed by atoms with Crippen molar-refractivity contribution in [1.29, 1.82) is 0 Å². The molecule has 0 aliphatic rings. The summed E-state index contributed by atoms with van der Waals surface area (Å²) in [7, 11) is 0. The van der Waals surface area contributed by atoms with Gasteiger partial charge in [0.1, 0.15) is 0 Å². The predicted molar refractivity (Wildman–Crippen MR) is 93.2 cm³/mol. The maximum absolute atomic E-state index is 12.1. The number of hydrazone groups is 1. The number of halogens is 1. The lowest BCUT2D eigenvalue weighted by atomic mass is 10.1. The monoisotopic (exact) mass is 352 g/mol. The highest BCUT2D eigenvalue weighted by molar-refractivity contribution is 9.10. The number of benzene rings is 3. The van der Waals surface area contributed by atoms with Gasteiger partial charge in [-0.15, -0.1) is 0 Å². The van der Waals surface area contributed by atoms with Crippen LogP contribution in [0.3, 0.4) is 0 Å². The van der Waals surface area contributed by atoms with Gasteiger partial charge < -0.3 is 0 Å². The first-order chi connectivity index (χ1) is 10.7. The number of hydrogen-bond donors (Lipinski definition) is 1. The largest absolute Gasteiger partial charge is 0.271 e.